The van der Waals surface area contributed by atoms with Crippen molar-refractivity contribution in [2.24, 2.45) is 5.84 Å². The zero-order valence-electron chi connectivity index (χ0n) is 10.1. The Hall–Kier alpha value is -1.33. The van der Waals surface area contributed by atoms with Crippen molar-refractivity contribution in [1.29, 1.82) is 0 Å². The van der Waals surface area contributed by atoms with Crippen molar-refractivity contribution in [2.45, 2.75) is 10.9 Å². The number of nitrogens with two attached hydrogens (primary N) is 1. The van der Waals surface area contributed by atoms with Gasteiger partial charge in [0.1, 0.15) is 4.90 Å². The van der Waals surface area contributed by atoms with E-state index in [1.165, 1.54) is 16.7 Å². The molecule has 1 unspecified atom stereocenters. The van der Waals surface area contributed by atoms with Gasteiger partial charge < -0.3 is 9.84 Å². The lowest BCUT2D eigenvalue weighted by Gasteiger charge is -2.33. The van der Waals surface area contributed by atoms with Gasteiger partial charge in [-0.15, -0.1) is 0 Å². The van der Waals surface area contributed by atoms with E-state index in [-0.39, 0.29) is 30.6 Å². The number of hydrazine groups is 1. The van der Waals surface area contributed by atoms with Crippen LogP contribution in [0.5, 0.6) is 0 Å². The van der Waals surface area contributed by atoms with E-state index in [2.05, 4.69) is 15.4 Å². The molecule has 0 aliphatic carbocycles. The highest BCUT2D eigenvalue weighted by Gasteiger charge is 2.34. The average molecular weight is 289 g/mol. The van der Waals surface area contributed by atoms with Gasteiger partial charge in [0.2, 0.25) is 16.0 Å². The summed E-state index contributed by atoms with van der Waals surface area (Å²) in [6, 6.07) is -0.592. The van der Waals surface area contributed by atoms with Gasteiger partial charge in [-0.2, -0.15) is 4.31 Å². The first-order valence-electron chi connectivity index (χ1n) is 5.58. The Balaban J connectivity index is 2.29. The number of nitrogens with zero attached hydrogens (tertiary/aromatic N) is 3. The molecule has 0 saturated carbocycles. The van der Waals surface area contributed by atoms with E-state index in [0.717, 1.165) is 0 Å². The first kappa shape index (κ1) is 14.1. The molecule has 19 heavy (non-hydrogen) atoms. The van der Waals surface area contributed by atoms with Crippen LogP contribution in [0.1, 0.15) is 0 Å². The summed E-state index contributed by atoms with van der Waals surface area (Å²) in [6.45, 7) is 0.338. The second-order valence-electron chi connectivity index (χ2n) is 3.91. The molecule has 1 aliphatic heterocycles. The van der Waals surface area contributed by atoms with Gasteiger partial charge in [-0.3, -0.25) is 5.43 Å². The molecule has 1 aliphatic rings. The molecule has 4 N–H and O–H groups in total. The van der Waals surface area contributed by atoms with Crippen LogP contribution in [-0.2, 0) is 14.8 Å². The number of rotatable bonds is 4. The van der Waals surface area contributed by atoms with Crippen LogP contribution < -0.4 is 11.3 Å². The van der Waals surface area contributed by atoms with Crippen molar-refractivity contribution in [3.63, 3.8) is 0 Å². The molecule has 1 aromatic rings. The number of aliphatic hydroxyl groups excluding tert-OH is 1. The summed E-state index contributed by atoms with van der Waals surface area (Å²) < 4.78 is 31.1. The van der Waals surface area contributed by atoms with E-state index in [9.17, 15) is 13.5 Å². The first-order chi connectivity index (χ1) is 9.09. The largest absolute Gasteiger partial charge is 0.395 e. The molecular formula is C9H15N5O4S. The average Bonchev–Trinajstić information content (AvgIpc) is 2.47. The van der Waals surface area contributed by atoms with Crippen molar-refractivity contribution >= 4 is 16.0 Å². The van der Waals surface area contributed by atoms with Gasteiger partial charge in [0.05, 0.1) is 38.3 Å². The highest BCUT2D eigenvalue weighted by Crippen LogP contribution is 2.19. The van der Waals surface area contributed by atoms with Gasteiger partial charge in [0.15, 0.2) is 0 Å². The summed E-state index contributed by atoms with van der Waals surface area (Å²) in [5.74, 6) is 5.24. The van der Waals surface area contributed by atoms with Crippen LogP contribution in [0, 0.1) is 0 Å². The van der Waals surface area contributed by atoms with Crippen LogP contribution in [0.25, 0.3) is 0 Å². The van der Waals surface area contributed by atoms with Crippen molar-refractivity contribution in [2.75, 3.05) is 31.8 Å². The number of hydrogen-bond acceptors (Lipinski definition) is 8. The van der Waals surface area contributed by atoms with Crippen molar-refractivity contribution in [1.82, 2.24) is 14.3 Å². The Bertz CT molecular complexity index is 520. The lowest BCUT2D eigenvalue weighted by atomic mass is 10.3. The third-order valence-electron chi connectivity index (χ3n) is 2.75. The van der Waals surface area contributed by atoms with Crippen LogP contribution in [0.15, 0.2) is 17.3 Å². The number of morpholine rings is 1. The SMILES string of the molecule is NNc1ncc(S(=O)(=O)N2CCOCC2CO)cn1. The number of nitrogen functional groups attached to an aromatic ring is 1. The second-order valence-corrected chi connectivity index (χ2v) is 5.80. The molecule has 0 spiro atoms. The zero-order valence-corrected chi connectivity index (χ0v) is 10.9. The Labute approximate surface area is 110 Å². The molecule has 0 bridgehead atoms. The van der Waals surface area contributed by atoms with Gasteiger partial charge in [0.25, 0.3) is 0 Å². The number of aromatic nitrogens is 2. The number of ether oxygens (including phenoxy) is 1. The summed E-state index contributed by atoms with van der Waals surface area (Å²) in [7, 11) is -3.75. The third-order valence-corrected chi connectivity index (χ3v) is 4.65. The fourth-order valence-electron chi connectivity index (χ4n) is 1.76. The van der Waals surface area contributed by atoms with Crippen LogP contribution in [0.4, 0.5) is 5.95 Å². The fourth-order valence-corrected chi connectivity index (χ4v) is 3.24. The minimum absolute atomic E-state index is 0.0492. The summed E-state index contributed by atoms with van der Waals surface area (Å²) in [5.41, 5.74) is 2.21. The van der Waals surface area contributed by atoms with E-state index >= 15 is 0 Å². The fraction of sp³-hybridized carbons (Fsp3) is 0.556. The maximum absolute atomic E-state index is 12.4. The predicted molar refractivity (Wildman–Crippen MR) is 65.4 cm³/mol. The molecule has 106 valence electrons. The quantitative estimate of drug-likeness (QED) is 0.434. The highest BCUT2D eigenvalue weighted by atomic mass is 32.2. The molecule has 1 saturated heterocycles. The maximum atomic E-state index is 12.4. The summed E-state index contributed by atoms with van der Waals surface area (Å²) in [6.07, 6.45) is 2.34. The minimum atomic E-state index is -3.75. The molecule has 0 amide bonds. The molecule has 1 fully saturated rings. The molecule has 10 heteroatoms. The molecule has 2 rings (SSSR count). The lowest BCUT2D eigenvalue weighted by Crippen LogP contribution is -2.50. The summed E-state index contributed by atoms with van der Waals surface area (Å²) in [4.78, 5) is 7.48. The molecule has 0 aromatic carbocycles. The topological polar surface area (TPSA) is 131 Å². The zero-order chi connectivity index (χ0) is 13.9. The summed E-state index contributed by atoms with van der Waals surface area (Å²) >= 11 is 0. The normalized spacial score (nSPS) is 21.3. The van der Waals surface area contributed by atoms with Crippen molar-refractivity contribution in [3.05, 3.63) is 12.4 Å². The van der Waals surface area contributed by atoms with Crippen molar-refractivity contribution < 1.29 is 18.3 Å². The molecule has 1 aromatic heterocycles. The molecule has 1 atom stereocenters. The van der Waals surface area contributed by atoms with Gasteiger partial charge in [-0.05, 0) is 0 Å². The minimum Gasteiger partial charge on any atom is -0.395 e. The Morgan fingerprint density at radius 1 is 1.53 bits per heavy atom. The highest BCUT2D eigenvalue weighted by molar-refractivity contribution is 7.89. The Kier molecular flexibility index (Phi) is 4.27. The van der Waals surface area contributed by atoms with Gasteiger partial charge in [0, 0.05) is 6.54 Å². The second kappa shape index (κ2) is 5.75. The number of nitrogens with one attached hydrogen (secondary N) is 1. The monoisotopic (exact) mass is 289 g/mol. The molecular weight excluding hydrogens is 274 g/mol. The van der Waals surface area contributed by atoms with E-state index in [1.807, 2.05) is 0 Å². The maximum Gasteiger partial charge on any atom is 0.246 e. The summed E-state index contributed by atoms with van der Waals surface area (Å²) in [5, 5.41) is 9.21. The third kappa shape index (κ3) is 2.82. The van der Waals surface area contributed by atoms with E-state index < -0.39 is 16.1 Å². The number of aliphatic hydroxyl groups is 1. The van der Waals surface area contributed by atoms with Crippen LogP contribution in [-0.4, -0.2) is 60.2 Å². The molecule has 0 radical (unpaired) electrons. The Morgan fingerprint density at radius 3 is 2.79 bits per heavy atom. The standard InChI is InChI=1S/C9H15N5O4S/c10-13-9-11-3-8(4-12-9)19(16,17)14-1-2-18-6-7(14)5-15/h3-4,7,15H,1-2,5-6,10H2,(H,11,12,13). The number of anilines is 1. The number of sulfonamides is 1. The van der Waals surface area contributed by atoms with E-state index in [4.69, 9.17) is 10.6 Å². The Morgan fingerprint density at radius 2 is 2.21 bits per heavy atom. The molecule has 9 nitrogen and oxygen atoms in total. The van der Waals surface area contributed by atoms with Crippen LogP contribution >= 0.6 is 0 Å². The lowest BCUT2D eigenvalue weighted by molar-refractivity contribution is 0.0109. The van der Waals surface area contributed by atoms with Gasteiger partial charge in [-0.25, -0.2) is 24.2 Å². The van der Waals surface area contributed by atoms with E-state index in [1.54, 1.807) is 0 Å². The molecule has 2 heterocycles. The predicted octanol–water partition coefficient (Wildman–Crippen LogP) is -1.86. The van der Waals surface area contributed by atoms with E-state index in [0.29, 0.717) is 6.61 Å². The van der Waals surface area contributed by atoms with Gasteiger partial charge >= 0.3 is 0 Å². The number of hydrogen-bond donors (Lipinski definition) is 3. The first-order valence-corrected chi connectivity index (χ1v) is 7.02. The van der Waals surface area contributed by atoms with Crippen LogP contribution in [0.2, 0.25) is 0 Å². The van der Waals surface area contributed by atoms with Gasteiger partial charge in [-0.1, -0.05) is 0 Å². The van der Waals surface area contributed by atoms with Crippen molar-refractivity contribution in [3.8, 4) is 0 Å². The van der Waals surface area contributed by atoms with Crippen LogP contribution in [0.3, 0.4) is 0 Å². The smallest absolute Gasteiger partial charge is 0.246 e.